The monoisotopic (exact) mass is 308 g/mol. The van der Waals surface area contributed by atoms with Gasteiger partial charge in [0.15, 0.2) is 0 Å². The van der Waals surface area contributed by atoms with Gasteiger partial charge in [-0.1, -0.05) is 17.7 Å². The van der Waals surface area contributed by atoms with Gasteiger partial charge in [0.1, 0.15) is 5.15 Å². The predicted octanol–water partition coefficient (Wildman–Crippen LogP) is 1.87. The van der Waals surface area contributed by atoms with Gasteiger partial charge in [0.05, 0.1) is 18.8 Å². The van der Waals surface area contributed by atoms with Crippen LogP contribution < -0.4 is 5.32 Å². The van der Waals surface area contributed by atoms with E-state index in [1.165, 1.54) is 5.56 Å². The molecule has 0 spiro atoms. The van der Waals surface area contributed by atoms with Gasteiger partial charge in [0.25, 0.3) is 0 Å². The lowest BCUT2D eigenvalue weighted by atomic mass is 10.2. The Morgan fingerprint density at radius 3 is 2.81 bits per heavy atom. The van der Waals surface area contributed by atoms with E-state index in [1.54, 1.807) is 6.20 Å². The molecule has 2 aromatic rings. The molecule has 0 aliphatic carbocycles. The van der Waals surface area contributed by atoms with Gasteiger partial charge in [-0.05, 0) is 38.4 Å². The van der Waals surface area contributed by atoms with Crippen LogP contribution >= 0.6 is 11.6 Å². The molecule has 0 aliphatic heterocycles. The van der Waals surface area contributed by atoms with E-state index in [9.17, 15) is 0 Å². The lowest BCUT2D eigenvalue weighted by Crippen LogP contribution is -2.17. The first kappa shape index (κ1) is 15.9. The number of aliphatic hydroxyl groups is 1. The zero-order valence-corrected chi connectivity index (χ0v) is 13.2. The molecule has 0 bridgehead atoms. The molecule has 0 unspecified atom stereocenters. The Kier molecular flexibility index (Phi) is 5.73. The first-order valence-corrected chi connectivity index (χ1v) is 7.44. The first-order valence-electron chi connectivity index (χ1n) is 7.06. The molecule has 0 radical (unpaired) electrons. The minimum Gasteiger partial charge on any atom is -0.394 e. The van der Waals surface area contributed by atoms with E-state index in [1.807, 2.05) is 30.7 Å². The largest absolute Gasteiger partial charge is 0.394 e. The van der Waals surface area contributed by atoms with Crippen molar-refractivity contribution in [2.24, 2.45) is 0 Å². The molecule has 6 heteroatoms. The van der Waals surface area contributed by atoms with E-state index in [2.05, 4.69) is 15.4 Å². The summed E-state index contributed by atoms with van der Waals surface area (Å²) in [5.74, 6) is 0. The van der Waals surface area contributed by atoms with Gasteiger partial charge < -0.3 is 10.4 Å². The minimum absolute atomic E-state index is 0.110. The van der Waals surface area contributed by atoms with Crippen LogP contribution in [-0.4, -0.2) is 33.0 Å². The van der Waals surface area contributed by atoms with Gasteiger partial charge >= 0.3 is 0 Å². The van der Waals surface area contributed by atoms with Crippen molar-refractivity contribution in [1.82, 2.24) is 20.1 Å². The molecule has 2 aromatic heterocycles. The third-order valence-corrected chi connectivity index (χ3v) is 3.75. The topological polar surface area (TPSA) is 63.0 Å². The number of pyridine rings is 1. The number of aryl methyl sites for hydroxylation is 1. The number of aromatic nitrogens is 3. The summed E-state index contributed by atoms with van der Waals surface area (Å²) in [7, 11) is 0. The Balaban J connectivity index is 1.84. The Morgan fingerprint density at radius 2 is 2.14 bits per heavy atom. The van der Waals surface area contributed by atoms with Crippen molar-refractivity contribution >= 4 is 11.6 Å². The molecular formula is C15H21ClN4O. The zero-order chi connectivity index (χ0) is 15.2. The fourth-order valence-corrected chi connectivity index (χ4v) is 2.41. The summed E-state index contributed by atoms with van der Waals surface area (Å²) in [6, 6.07) is 3.80. The fraction of sp³-hybridized carbons (Fsp3) is 0.467. The molecule has 0 aromatic carbocycles. The highest BCUT2D eigenvalue weighted by Gasteiger charge is 2.10. The first-order chi connectivity index (χ1) is 10.1. The van der Waals surface area contributed by atoms with E-state index in [0.29, 0.717) is 11.7 Å². The van der Waals surface area contributed by atoms with Crippen LogP contribution in [0.25, 0.3) is 0 Å². The second kappa shape index (κ2) is 7.54. The normalized spacial score (nSPS) is 11.0. The van der Waals surface area contributed by atoms with Crippen LogP contribution in [0.2, 0.25) is 5.15 Å². The van der Waals surface area contributed by atoms with Crippen molar-refractivity contribution in [2.45, 2.75) is 33.4 Å². The number of rotatable bonds is 7. The average molecular weight is 309 g/mol. The number of halogens is 1. The van der Waals surface area contributed by atoms with Crippen LogP contribution in [0.5, 0.6) is 0 Å². The maximum absolute atomic E-state index is 9.01. The molecule has 2 N–H and O–H groups in total. The summed E-state index contributed by atoms with van der Waals surface area (Å²) >= 11 is 5.76. The van der Waals surface area contributed by atoms with Crippen molar-refractivity contribution in [1.29, 1.82) is 0 Å². The van der Waals surface area contributed by atoms with Gasteiger partial charge in [-0.2, -0.15) is 5.10 Å². The molecule has 0 fully saturated rings. The molecule has 0 atom stereocenters. The quantitative estimate of drug-likeness (QED) is 0.605. The number of nitrogens with one attached hydrogen (secondary N) is 1. The lowest BCUT2D eigenvalue weighted by Gasteiger charge is -2.06. The average Bonchev–Trinajstić information content (AvgIpc) is 2.73. The summed E-state index contributed by atoms with van der Waals surface area (Å²) in [5, 5.41) is 17.4. The van der Waals surface area contributed by atoms with Gasteiger partial charge in [0, 0.05) is 24.0 Å². The third-order valence-electron chi connectivity index (χ3n) is 3.52. The summed E-state index contributed by atoms with van der Waals surface area (Å²) in [5.41, 5.74) is 4.50. The highest BCUT2D eigenvalue weighted by molar-refractivity contribution is 6.29. The number of aliphatic hydroxyl groups excluding tert-OH is 1. The Morgan fingerprint density at radius 1 is 1.33 bits per heavy atom. The molecule has 0 amide bonds. The molecule has 5 nitrogen and oxygen atoms in total. The smallest absolute Gasteiger partial charge is 0.129 e. The van der Waals surface area contributed by atoms with Crippen LogP contribution in [0.15, 0.2) is 18.3 Å². The lowest BCUT2D eigenvalue weighted by molar-refractivity contribution is 0.267. The van der Waals surface area contributed by atoms with E-state index in [4.69, 9.17) is 16.7 Å². The van der Waals surface area contributed by atoms with E-state index < -0.39 is 0 Å². The van der Waals surface area contributed by atoms with Gasteiger partial charge in [-0.3, -0.25) is 4.68 Å². The minimum atomic E-state index is 0.110. The maximum Gasteiger partial charge on any atom is 0.129 e. The molecule has 0 saturated carbocycles. The predicted molar refractivity (Wildman–Crippen MR) is 83.4 cm³/mol. The summed E-state index contributed by atoms with van der Waals surface area (Å²) in [6.07, 6.45) is 2.72. The van der Waals surface area contributed by atoms with Crippen LogP contribution in [0, 0.1) is 13.8 Å². The van der Waals surface area contributed by atoms with E-state index in [-0.39, 0.29) is 6.61 Å². The number of hydrogen-bond acceptors (Lipinski definition) is 4. The maximum atomic E-state index is 9.01. The van der Waals surface area contributed by atoms with Crippen LogP contribution in [0.1, 0.15) is 22.5 Å². The molecule has 0 aliphatic rings. The third kappa shape index (κ3) is 4.27. The van der Waals surface area contributed by atoms with Crippen LogP contribution in [0.4, 0.5) is 0 Å². The second-order valence-corrected chi connectivity index (χ2v) is 5.40. The SMILES string of the molecule is Cc1nn(CCO)c(C)c1CNCCc1ccc(Cl)nc1. The molecule has 2 rings (SSSR count). The number of hydrogen-bond donors (Lipinski definition) is 2. The van der Waals surface area contributed by atoms with Gasteiger partial charge in [0.2, 0.25) is 0 Å². The van der Waals surface area contributed by atoms with Gasteiger partial charge in [-0.25, -0.2) is 4.98 Å². The Bertz CT molecular complexity index is 580. The van der Waals surface area contributed by atoms with Crippen LogP contribution in [-0.2, 0) is 19.5 Å². The second-order valence-electron chi connectivity index (χ2n) is 5.01. The summed E-state index contributed by atoms with van der Waals surface area (Å²) in [6.45, 7) is 6.34. The highest BCUT2D eigenvalue weighted by Crippen LogP contribution is 2.12. The molecule has 21 heavy (non-hydrogen) atoms. The fourth-order valence-electron chi connectivity index (χ4n) is 2.30. The Hall–Kier alpha value is -1.43. The standard InChI is InChI=1S/C15H21ClN4O/c1-11-14(12(2)20(19-11)7-8-21)10-17-6-5-13-3-4-15(16)18-9-13/h3-4,9,17,21H,5-8,10H2,1-2H3. The van der Waals surface area contributed by atoms with Crippen molar-refractivity contribution < 1.29 is 5.11 Å². The molecular weight excluding hydrogens is 288 g/mol. The van der Waals surface area contributed by atoms with Crippen molar-refractivity contribution in [3.05, 3.63) is 46.0 Å². The highest BCUT2D eigenvalue weighted by atomic mass is 35.5. The summed E-state index contributed by atoms with van der Waals surface area (Å²) < 4.78 is 1.86. The molecule has 2 heterocycles. The zero-order valence-electron chi connectivity index (χ0n) is 12.4. The molecule has 0 saturated heterocycles. The summed E-state index contributed by atoms with van der Waals surface area (Å²) in [4.78, 5) is 4.07. The number of nitrogens with zero attached hydrogens (tertiary/aromatic N) is 3. The van der Waals surface area contributed by atoms with Crippen molar-refractivity contribution in [2.75, 3.05) is 13.2 Å². The van der Waals surface area contributed by atoms with Crippen molar-refractivity contribution in [3.8, 4) is 0 Å². The van der Waals surface area contributed by atoms with Gasteiger partial charge in [-0.15, -0.1) is 0 Å². The molecule has 114 valence electrons. The van der Waals surface area contributed by atoms with Crippen molar-refractivity contribution in [3.63, 3.8) is 0 Å². The Labute approximate surface area is 130 Å². The van der Waals surface area contributed by atoms with E-state index in [0.717, 1.165) is 36.5 Å². The van der Waals surface area contributed by atoms with Crippen LogP contribution in [0.3, 0.4) is 0 Å². The van der Waals surface area contributed by atoms with E-state index >= 15 is 0 Å².